The Morgan fingerprint density at radius 2 is 1.74 bits per heavy atom. The van der Waals surface area contributed by atoms with Crippen molar-refractivity contribution in [2.45, 2.75) is 18.2 Å². The summed E-state index contributed by atoms with van der Waals surface area (Å²) in [5.74, 6) is 0.480. The van der Waals surface area contributed by atoms with E-state index >= 15 is 0 Å². The number of anilines is 2. The maximum Gasteiger partial charge on any atom is 0.242 e. The van der Waals surface area contributed by atoms with E-state index in [4.69, 9.17) is 4.74 Å². The topological polar surface area (TPSA) is 87.7 Å². The molecule has 0 saturated carbocycles. The highest BCUT2D eigenvalue weighted by Crippen LogP contribution is 2.27. The summed E-state index contributed by atoms with van der Waals surface area (Å²) in [6.45, 7) is 2.56. The van der Waals surface area contributed by atoms with Crippen LogP contribution in [0.15, 0.2) is 47.4 Å². The number of methoxy groups -OCH3 is 1. The van der Waals surface area contributed by atoms with Crippen molar-refractivity contribution in [2.24, 2.45) is 0 Å². The van der Waals surface area contributed by atoms with Gasteiger partial charge in [0.1, 0.15) is 5.75 Å². The molecule has 2 aromatic rings. The Kier molecular flexibility index (Phi) is 6.81. The van der Waals surface area contributed by atoms with Gasteiger partial charge in [0.15, 0.2) is 0 Å². The number of amides is 1. The minimum absolute atomic E-state index is 0.119. The van der Waals surface area contributed by atoms with Crippen molar-refractivity contribution in [1.82, 2.24) is 4.31 Å². The highest BCUT2D eigenvalue weighted by atomic mass is 32.2. The minimum Gasteiger partial charge on any atom is -0.497 e. The molecular formula is C19H25N3O4S. The smallest absolute Gasteiger partial charge is 0.242 e. The Morgan fingerprint density at radius 1 is 1.07 bits per heavy atom. The van der Waals surface area contributed by atoms with Gasteiger partial charge in [-0.05, 0) is 42.8 Å². The fraction of sp³-hybridized carbons (Fsp3) is 0.316. The van der Waals surface area contributed by atoms with Crippen LogP contribution in [0.4, 0.5) is 11.4 Å². The quantitative estimate of drug-likeness (QED) is 0.722. The van der Waals surface area contributed by atoms with Gasteiger partial charge in [0.2, 0.25) is 15.9 Å². The van der Waals surface area contributed by atoms with Crippen LogP contribution in [0.25, 0.3) is 0 Å². The van der Waals surface area contributed by atoms with Crippen molar-refractivity contribution in [3.8, 4) is 5.75 Å². The predicted molar refractivity (Wildman–Crippen MR) is 107 cm³/mol. The van der Waals surface area contributed by atoms with E-state index in [1.54, 1.807) is 25.3 Å². The summed E-state index contributed by atoms with van der Waals surface area (Å²) in [4.78, 5) is 12.6. The highest BCUT2D eigenvalue weighted by molar-refractivity contribution is 7.89. The van der Waals surface area contributed by atoms with Crippen molar-refractivity contribution >= 4 is 27.3 Å². The summed E-state index contributed by atoms with van der Waals surface area (Å²) in [5.41, 5.74) is 1.92. The number of carbonyl (C=O) groups is 1. The molecule has 0 heterocycles. The van der Waals surface area contributed by atoms with E-state index in [0.717, 1.165) is 15.6 Å². The van der Waals surface area contributed by atoms with Crippen LogP contribution in [-0.2, 0) is 21.2 Å². The molecule has 2 aromatic carbocycles. The van der Waals surface area contributed by atoms with Crippen LogP contribution in [-0.4, -0.2) is 46.4 Å². The number of ether oxygens (including phenoxy) is 1. The number of benzene rings is 2. The largest absolute Gasteiger partial charge is 0.497 e. The maximum atomic E-state index is 12.5. The van der Waals surface area contributed by atoms with Gasteiger partial charge in [-0.1, -0.05) is 12.1 Å². The number of nitrogens with zero attached hydrogens (tertiary/aromatic N) is 1. The predicted octanol–water partition coefficient (Wildman–Crippen LogP) is 2.56. The Labute approximate surface area is 160 Å². The highest BCUT2D eigenvalue weighted by Gasteiger charge is 2.19. The molecule has 27 heavy (non-hydrogen) atoms. The molecule has 0 saturated heterocycles. The zero-order valence-electron chi connectivity index (χ0n) is 15.9. The molecule has 0 radical (unpaired) electrons. The Hall–Kier alpha value is -2.58. The lowest BCUT2D eigenvalue weighted by Gasteiger charge is -2.16. The molecule has 0 unspecified atom stereocenters. The number of hydrogen-bond acceptors (Lipinski definition) is 5. The number of hydrogen-bond donors (Lipinski definition) is 2. The van der Waals surface area contributed by atoms with E-state index in [1.807, 2.05) is 19.1 Å². The molecule has 0 fully saturated rings. The maximum absolute atomic E-state index is 12.5. The lowest BCUT2D eigenvalue weighted by atomic mass is 10.1. The van der Waals surface area contributed by atoms with Crippen molar-refractivity contribution in [2.75, 3.05) is 38.4 Å². The van der Waals surface area contributed by atoms with E-state index < -0.39 is 10.0 Å². The molecule has 1 amide bonds. The second kappa shape index (κ2) is 8.88. The van der Waals surface area contributed by atoms with Crippen molar-refractivity contribution in [1.29, 1.82) is 0 Å². The molecular weight excluding hydrogens is 366 g/mol. The first kappa shape index (κ1) is 20.7. The van der Waals surface area contributed by atoms with Crippen LogP contribution >= 0.6 is 0 Å². The van der Waals surface area contributed by atoms with Crippen LogP contribution in [0.1, 0.15) is 12.5 Å². The van der Waals surface area contributed by atoms with Gasteiger partial charge in [-0.2, -0.15) is 0 Å². The normalized spacial score (nSPS) is 11.3. The molecule has 0 aliphatic heterocycles. The second-order valence-electron chi connectivity index (χ2n) is 6.10. The van der Waals surface area contributed by atoms with E-state index in [1.165, 1.54) is 26.2 Å². The molecule has 0 aliphatic rings. The van der Waals surface area contributed by atoms with E-state index in [2.05, 4.69) is 10.6 Å². The monoisotopic (exact) mass is 391 g/mol. The first-order valence-electron chi connectivity index (χ1n) is 8.51. The zero-order chi connectivity index (χ0) is 20.0. The van der Waals surface area contributed by atoms with E-state index in [9.17, 15) is 13.2 Å². The fourth-order valence-electron chi connectivity index (χ4n) is 2.47. The van der Waals surface area contributed by atoms with Gasteiger partial charge in [0.25, 0.3) is 0 Å². The summed E-state index contributed by atoms with van der Waals surface area (Å²) in [7, 11) is 0.924. The van der Waals surface area contributed by atoms with Gasteiger partial charge in [0, 0.05) is 20.6 Å². The summed E-state index contributed by atoms with van der Waals surface area (Å²) >= 11 is 0. The molecule has 0 aliphatic carbocycles. The summed E-state index contributed by atoms with van der Waals surface area (Å²) in [6.07, 6.45) is 0.167. The number of rotatable bonds is 8. The molecule has 8 heteroatoms. The SMILES string of the molecule is CCNc1ccc(S(=O)(=O)N(C)C)cc1NC(=O)Cc1ccc(OC)cc1. The van der Waals surface area contributed by atoms with Gasteiger partial charge in [-0.25, -0.2) is 12.7 Å². The third-order valence-electron chi connectivity index (χ3n) is 3.93. The minimum atomic E-state index is -3.59. The standard InChI is InChI=1S/C19H25N3O4S/c1-5-20-17-11-10-16(27(24,25)22(2)3)13-18(17)21-19(23)12-14-6-8-15(26-4)9-7-14/h6-11,13,20H,5,12H2,1-4H3,(H,21,23). The molecule has 146 valence electrons. The third-order valence-corrected chi connectivity index (χ3v) is 5.75. The van der Waals surface area contributed by atoms with Gasteiger partial charge in [0.05, 0.1) is 29.8 Å². The number of carbonyl (C=O) groups excluding carboxylic acids is 1. The van der Waals surface area contributed by atoms with Crippen molar-refractivity contribution in [3.05, 3.63) is 48.0 Å². The Morgan fingerprint density at radius 3 is 2.30 bits per heavy atom. The molecule has 0 spiro atoms. The first-order chi connectivity index (χ1) is 12.8. The average molecular weight is 391 g/mol. The van der Waals surface area contributed by atoms with E-state index in [0.29, 0.717) is 17.9 Å². The Balaban J connectivity index is 2.24. The molecule has 0 atom stereocenters. The number of nitrogens with one attached hydrogen (secondary N) is 2. The Bertz CT molecular complexity index is 894. The number of sulfonamides is 1. The van der Waals surface area contributed by atoms with Crippen LogP contribution < -0.4 is 15.4 Å². The first-order valence-corrected chi connectivity index (χ1v) is 9.95. The second-order valence-corrected chi connectivity index (χ2v) is 8.25. The molecule has 0 bridgehead atoms. The van der Waals surface area contributed by atoms with Gasteiger partial charge >= 0.3 is 0 Å². The zero-order valence-corrected chi connectivity index (χ0v) is 16.8. The lowest BCUT2D eigenvalue weighted by molar-refractivity contribution is -0.115. The molecule has 0 aromatic heterocycles. The fourth-order valence-corrected chi connectivity index (χ4v) is 3.39. The summed E-state index contributed by atoms with van der Waals surface area (Å²) in [5, 5.41) is 5.94. The van der Waals surface area contributed by atoms with Crippen LogP contribution in [0.5, 0.6) is 5.75 Å². The lowest BCUT2D eigenvalue weighted by Crippen LogP contribution is -2.23. The molecule has 7 nitrogen and oxygen atoms in total. The van der Waals surface area contributed by atoms with E-state index in [-0.39, 0.29) is 17.2 Å². The summed E-state index contributed by atoms with van der Waals surface area (Å²) in [6, 6.07) is 11.9. The van der Waals surface area contributed by atoms with Gasteiger partial charge in [-0.3, -0.25) is 4.79 Å². The van der Waals surface area contributed by atoms with Crippen molar-refractivity contribution in [3.63, 3.8) is 0 Å². The summed E-state index contributed by atoms with van der Waals surface area (Å²) < 4.78 is 31.0. The van der Waals surface area contributed by atoms with Crippen molar-refractivity contribution < 1.29 is 17.9 Å². The van der Waals surface area contributed by atoms with Crippen LogP contribution in [0.2, 0.25) is 0 Å². The molecule has 2 rings (SSSR count). The van der Waals surface area contributed by atoms with Crippen LogP contribution in [0, 0.1) is 0 Å². The van der Waals surface area contributed by atoms with Gasteiger partial charge in [-0.15, -0.1) is 0 Å². The van der Waals surface area contributed by atoms with Gasteiger partial charge < -0.3 is 15.4 Å². The third kappa shape index (κ3) is 5.21. The molecule has 2 N–H and O–H groups in total. The van der Waals surface area contributed by atoms with Crippen LogP contribution in [0.3, 0.4) is 0 Å². The average Bonchev–Trinajstić information content (AvgIpc) is 2.63.